The molecule has 1 aromatic rings. The first-order valence-corrected chi connectivity index (χ1v) is 6.75. The summed E-state index contributed by atoms with van der Waals surface area (Å²) >= 11 is 0. The number of hydrogen-bond acceptors (Lipinski definition) is 4. The molecule has 1 heterocycles. The molecule has 1 fully saturated rings. The van der Waals surface area contributed by atoms with Crippen molar-refractivity contribution >= 4 is 11.6 Å². The maximum Gasteiger partial charge on any atom is 0.387 e. The molecule has 5 nitrogen and oxygen atoms in total. The van der Waals surface area contributed by atoms with Gasteiger partial charge in [-0.2, -0.15) is 8.78 Å². The van der Waals surface area contributed by atoms with Crippen molar-refractivity contribution < 1.29 is 23.0 Å². The molecule has 3 N–H and O–H groups in total. The van der Waals surface area contributed by atoms with Gasteiger partial charge in [0.15, 0.2) is 0 Å². The van der Waals surface area contributed by atoms with Crippen LogP contribution in [0.3, 0.4) is 0 Å². The largest absolute Gasteiger partial charge is 0.435 e. The molecule has 0 saturated carbocycles. The summed E-state index contributed by atoms with van der Waals surface area (Å²) in [5, 5.41) is 2.62. The summed E-state index contributed by atoms with van der Waals surface area (Å²) in [7, 11) is 0. The van der Waals surface area contributed by atoms with Gasteiger partial charge in [0.05, 0.1) is 6.04 Å². The number of anilines is 1. The lowest BCUT2D eigenvalue weighted by Crippen LogP contribution is -2.44. The summed E-state index contributed by atoms with van der Waals surface area (Å²) in [6, 6.07) is 5.19. The maximum absolute atomic E-state index is 12.1. The molecule has 0 bridgehead atoms. The first-order chi connectivity index (χ1) is 10.1. The number of hydrogen-bond donors (Lipinski definition) is 2. The number of alkyl halides is 2. The van der Waals surface area contributed by atoms with Crippen LogP contribution >= 0.6 is 0 Å². The molecule has 1 amide bonds. The van der Waals surface area contributed by atoms with Crippen LogP contribution in [-0.2, 0) is 9.53 Å². The van der Waals surface area contributed by atoms with Crippen molar-refractivity contribution in [3.63, 3.8) is 0 Å². The third-order valence-electron chi connectivity index (χ3n) is 3.40. The van der Waals surface area contributed by atoms with Crippen molar-refractivity contribution in [3.8, 4) is 5.75 Å². The molecular formula is C14H18F2N2O3. The summed E-state index contributed by atoms with van der Waals surface area (Å²) in [4.78, 5) is 12.1. The standard InChI is InChI=1S/C14H18F2N2O3/c15-14(16)21-11-3-1-2-10(8-11)18-13(19)12(17)9-4-6-20-7-5-9/h1-3,8-9,12,14H,4-7,17H2,(H,18,19). The van der Waals surface area contributed by atoms with E-state index in [1.807, 2.05) is 0 Å². The van der Waals surface area contributed by atoms with E-state index in [1.54, 1.807) is 6.07 Å². The molecule has 1 aliphatic heterocycles. The summed E-state index contributed by atoms with van der Waals surface area (Å²) in [5.74, 6) is -0.280. The number of ether oxygens (including phenoxy) is 2. The molecule has 1 atom stereocenters. The fraction of sp³-hybridized carbons (Fsp3) is 0.500. The molecule has 0 spiro atoms. The first kappa shape index (κ1) is 15.7. The van der Waals surface area contributed by atoms with Gasteiger partial charge >= 0.3 is 6.61 Å². The zero-order chi connectivity index (χ0) is 15.2. The van der Waals surface area contributed by atoms with Crippen molar-refractivity contribution in [2.24, 2.45) is 11.7 Å². The van der Waals surface area contributed by atoms with E-state index in [2.05, 4.69) is 10.1 Å². The second-order valence-electron chi connectivity index (χ2n) is 4.87. The van der Waals surface area contributed by atoms with Gasteiger partial charge in [0, 0.05) is 25.0 Å². The van der Waals surface area contributed by atoms with Gasteiger partial charge < -0.3 is 20.5 Å². The highest BCUT2D eigenvalue weighted by atomic mass is 19.3. The average molecular weight is 300 g/mol. The molecule has 0 radical (unpaired) electrons. The van der Waals surface area contributed by atoms with Crippen LogP contribution in [0.2, 0.25) is 0 Å². The highest BCUT2D eigenvalue weighted by Gasteiger charge is 2.26. The van der Waals surface area contributed by atoms with Crippen LogP contribution in [0.4, 0.5) is 14.5 Å². The van der Waals surface area contributed by atoms with E-state index < -0.39 is 12.7 Å². The Balaban J connectivity index is 1.95. The zero-order valence-electron chi connectivity index (χ0n) is 11.4. The number of nitrogens with two attached hydrogens (primary N) is 1. The van der Waals surface area contributed by atoms with E-state index in [0.717, 1.165) is 12.8 Å². The highest BCUT2D eigenvalue weighted by molar-refractivity contribution is 5.95. The number of rotatable bonds is 5. The Labute approximate surface area is 121 Å². The Morgan fingerprint density at radius 2 is 2.10 bits per heavy atom. The molecule has 116 valence electrons. The Morgan fingerprint density at radius 1 is 1.38 bits per heavy atom. The second kappa shape index (κ2) is 7.33. The van der Waals surface area contributed by atoms with Crippen molar-refractivity contribution in [1.29, 1.82) is 0 Å². The Morgan fingerprint density at radius 3 is 2.76 bits per heavy atom. The molecule has 2 rings (SSSR count). The third-order valence-corrected chi connectivity index (χ3v) is 3.40. The predicted molar refractivity (Wildman–Crippen MR) is 73.2 cm³/mol. The number of amides is 1. The molecule has 1 aliphatic rings. The van der Waals surface area contributed by atoms with Crippen LogP contribution in [0.5, 0.6) is 5.75 Å². The molecule has 0 aromatic heterocycles. The van der Waals surface area contributed by atoms with E-state index in [9.17, 15) is 13.6 Å². The van der Waals surface area contributed by atoms with Crippen molar-refractivity contribution in [2.75, 3.05) is 18.5 Å². The molecular weight excluding hydrogens is 282 g/mol. The van der Waals surface area contributed by atoms with E-state index in [0.29, 0.717) is 18.9 Å². The summed E-state index contributed by atoms with van der Waals surface area (Å²) in [6.07, 6.45) is 1.48. The normalized spacial score (nSPS) is 17.5. The lowest BCUT2D eigenvalue weighted by molar-refractivity contribution is -0.119. The predicted octanol–water partition coefficient (Wildman–Crippen LogP) is 1.98. The highest BCUT2D eigenvalue weighted by Crippen LogP contribution is 2.21. The molecule has 1 aromatic carbocycles. The van der Waals surface area contributed by atoms with Gasteiger partial charge in [-0.3, -0.25) is 4.79 Å². The monoisotopic (exact) mass is 300 g/mol. The minimum absolute atomic E-state index is 0.0116. The Hall–Kier alpha value is -1.73. The quantitative estimate of drug-likeness (QED) is 0.872. The number of carbonyl (C=O) groups is 1. The van der Waals surface area contributed by atoms with Gasteiger partial charge in [0.2, 0.25) is 5.91 Å². The second-order valence-corrected chi connectivity index (χ2v) is 4.87. The van der Waals surface area contributed by atoms with E-state index in [4.69, 9.17) is 10.5 Å². The lowest BCUT2D eigenvalue weighted by Gasteiger charge is -2.26. The minimum Gasteiger partial charge on any atom is -0.435 e. The van der Waals surface area contributed by atoms with Crippen molar-refractivity contribution in [3.05, 3.63) is 24.3 Å². The molecule has 21 heavy (non-hydrogen) atoms. The van der Waals surface area contributed by atoms with E-state index in [-0.39, 0.29) is 17.6 Å². The van der Waals surface area contributed by atoms with Gasteiger partial charge in [-0.1, -0.05) is 6.07 Å². The number of nitrogens with one attached hydrogen (secondary N) is 1. The summed E-state index contributed by atoms with van der Waals surface area (Å²) in [5.41, 5.74) is 6.32. The van der Waals surface area contributed by atoms with Crippen LogP contribution in [-0.4, -0.2) is 31.8 Å². The summed E-state index contributed by atoms with van der Waals surface area (Å²) < 4.78 is 33.8. The van der Waals surface area contributed by atoms with Crippen LogP contribution in [0, 0.1) is 5.92 Å². The smallest absolute Gasteiger partial charge is 0.387 e. The van der Waals surface area contributed by atoms with Crippen molar-refractivity contribution in [2.45, 2.75) is 25.5 Å². The van der Waals surface area contributed by atoms with E-state index in [1.165, 1.54) is 18.2 Å². The average Bonchev–Trinajstić information content (AvgIpc) is 2.47. The molecule has 7 heteroatoms. The van der Waals surface area contributed by atoms with Gasteiger partial charge in [-0.05, 0) is 30.9 Å². The number of benzene rings is 1. The van der Waals surface area contributed by atoms with E-state index >= 15 is 0 Å². The zero-order valence-corrected chi connectivity index (χ0v) is 11.4. The van der Waals surface area contributed by atoms with Crippen LogP contribution in [0.25, 0.3) is 0 Å². The number of carbonyl (C=O) groups excluding carboxylic acids is 1. The number of halogens is 2. The van der Waals surface area contributed by atoms with Gasteiger partial charge in [-0.25, -0.2) is 0 Å². The Kier molecular flexibility index (Phi) is 5.46. The lowest BCUT2D eigenvalue weighted by atomic mass is 9.92. The van der Waals surface area contributed by atoms with Gasteiger partial charge in [0.1, 0.15) is 5.75 Å². The van der Waals surface area contributed by atoms with Gasteiger partial charge in [-0.15, -0.1) is 0 Å². The first-order valence-electron chi connectivity index (χ1n) is 6.75. The third kappa shape index (κ3) is 4.64. The fourth-order valence-corrected chi connectivity index (χ4v) is 2.26. The topological polar surface area (TPSA) is 73.6 Å². The fourth-order valence-electron chi connectivity index (χ4n) is 2.26. The minimum atomic E-state index is -2.90. The van der Waals surface area contributed by atoms with Crippen LogP contribution in [0.1, 0.15) is 12.8 Å². The SMILES string of the molecule is NC(C(=O)Nc1cccc(OC(F)F)c1)C1CCOCC1. The summed E-state index contributed by atoms with van der Waals surface area (Å²) in [6.45, 7) is -1.70. The Bertz CT molecular complexity index is 479. The molecule has 0 aliphatic carbocycles. The molecule has 1 saturated heterocycles. The van der Waals surface area contributed by atoms with Gasteiger partial charge in [0.25, 0.3) is 0 Å². The maximum atomic E-state index is 12.1. The van der Waals surface area contributed by atoms with Crippen molar-refractivity contribution in [1.82, 2.24) is 0 Å². The van der Waals surface area contributed by atoms with Crippen LogP contribution in [0.15, 0.2) is 24.3 Å². The molecule has 1 unspecified atom stereocenters. The van der Waals surface area contributed by atoms with Crippen LogP contribution < -0.4 is 15.8 Å².